The molecule has 1 N–H and O–H groups in total. The quantitative estimate of drug-likeness (QED) is 0.791. The van der Waals surface area contributed by atoms with E-state index in [2.05, 4.69) is 4.72 Å². The number of rotatable bonds is 8. The van der Waals surface area contributed by atoms with Crippen molar-refractivity contribution in [2.24, 2.45) is 0 Å². The lowest BCUT2D eigenvalue weighted by molar-refractivity contribution is 0.287. The highest BCUT2D eigenvalue weighted by atomic mass is 32.2. The number of nitrogens with one attached hydrogen (secondary N) is 1. The van der Waals surface area contributed by atoms with Gasteiger partial charge in [-0.15, -0.1) is 0 Å². The molecule has 0 saturated heterocycles. The van der Waals surface area contributed by atoms with Gasteiger partial charge in [0.05, 0.1) is 25.2 Å². The molecule has 2 aromatic carbocycles. The topological polar surface area (TPSA) is 73.9 Å². The summed E-state index contributed by atoms with van der Waals surface area (Å²) in [6.07, 6.45) is 0. The van der Waals surface area contributed by atoms with Gasteiger partial charge in [-0.2, -0.15) is 0 Å². The van der Waals surface area contributed by atoms with Crippen LogP contribution in [-0.4, -0.2) is 35.3 Å². The highest BCUT2D eigenvalue weighted by Gasteiger charge is 2.17. The monoisotopic (exact) mass is 351 g/mol. The summed E-state index contributed by atoms with van der Waals surface area (Å²) in [5, 5.41) is 0. The standard InChI is InChI=1S/C17H21NO5S/c1-13(12-23-16-6-4-14(21-2)5-7-16)18-24(19,20)17-10-8-15(22-3)9-11-17/h4-11,13,18H,12H2,1-3H3/t13-/m0/s1. The summed E-state index contributed by atoms with van der Waals surface area (Å²) in [4.78, 5) is 0.180. The van der Waals surface area contributed by atoms with Gasteiger partial charge < -0.3 is 14.2 Å². The molecule has 0 saturated carbocycles. The molecule has 0 unspecified atom stereocenters. The van der Waals surface area contributed by atoms with Crippen LogP contribution in [0.5, 0.6) is 17.2 Å². The molecule has 0 aliphatic carbocycles. The molecule has 0 spiro atoms. The average molecular weight is 351 g/mol. The molecule has 6 nitrogen and oxygen atoms in total. The fourth-order valence-electron chi connectivity index (χ4n) is 2.01. The van der Waals surface area contributed by atoms with E-state index in [0.29, 0.717) is 11.5 Å². The van der Waals surface area contributed by atoms with Gasteiger partial charge in [-0.1, -0.05) is 0 Å². The van der Waals surface area contributed by atoms with Gasteiger partial charge in [0, 0.05) is 0 Å². The van der Waals surface area contributed by atoms with Crippen molar-refractivity contribution in [2.75, 3.05) is 20.8 Å². The van der Waals surface area contributed by atoms with Crippen LogP contribution in [0.1, 0.15) is 6.92 Å². The molecule has 0 radical (unpaired) electrons. The second kappa shape index (κ2) is 8.03. The van der Waals surface area contributed by atoms with Crippen LogP contribution in [-0.2, 0) is 10.0 Å². The van der Waals surface area contributed by atoms with Crippen LogP contribution in [0.4, 0.5) is 0 Å². The first kappa shape index (κ1) is 18.1. The molecule has 130 valence electrons. The fourth-order valence-corrected chi connectivity index (χ4v) is 3.24. The smallest absolute Gasteiger partial charge is 0.240 e. The molecule has 7 heteroatoms. The van der Waals surface area contributed by atoms with E-state index in [9.17, 15) is 8.42 Å². The number of methoxy groups -OCH3 is 2. The summed E-state index contributed by atoms with van der Waals surface area (Å²) in [5.74, 6) is 1.98. The molecule has 0 aromatic heterocycles. The van der Waals surface area contributed by atoms with E-state index in [1.165, 1.54) is 19.2 Å². The summed E-state index contributed by atoms with van der Waals surface area (Å²) in [6.45, 7) is 1.95. The lowest BCUT2D eigenvalue weighted by atomic mass is 10.3. The van der Waals surface area contributed by atoms with Crippen LogP contribution in [0, 0.1) is 0 Å². The van der Waals surface area contributed by atoms with E-state index in [4.69, 9.17) is 14.2 Å². The van der Waals surface area contributed by atoms with Crippen molar-refractivity contribution >= 4 is 10.0 Å². The molecule has 0 aliphatic heterocycles. The Kier molecular flexibility index (Phi) is 6.05. The summed E-state index contributed by atoms with van der Waals surface area (Å²) in [6, 6.07) is 12.9. The third-order valence-electron chi connectivity index (χ3n) is 3.29. The molecule has 0 fully saturated rings. The van der Waals surface area contributed by atoms with E-state index >= 15 is 0 Å². The summed E-state index contributed by atoms with van der Waals surface area (Å²) < 4.78 is 42.9. The molecule has 1 atom stereocenters. The molecular weight excluding hydrogens is 330 g/mol. The third-order valence-corrected chi connectivity index (χ3v) is 4.89. The predicted octanol–water partition coefficient (Wildman–Crippen LogP) is 2.45. The van der Waals surface area contributed by atoms with E-state index in [1.807, 2.05) is 0 Å². The molecule has 2 rings (SSSR count). The minimum Gasteiger partial charge on any atom is -0.497 e. The SMILES string of the molecule is COc1ccc(OC[C@H](C)NS(=O)(=O)c2ccc(OC)cc2)cc1. The molecule has 0 heterocycles. The normalized spacial score (nSPS) is 12.5. The van der Waals surface area contributed by atoms with Crippen LogP contribution < -0.4 is 18.9 Å². The number of hydrogen-bond donors (Lipinski definition) is 1. The van der Waals surface area contributed by atoms with Crippen molar-refractivity contribution in [3.8, 4) is 17.2 Å². The average Bonchev–Trinajstić information content (AvgIpc) is 2.60. The van der Waals surface area contributed by atoms with Crippen LogP contribution in [0.15, 0.2) is 53.4 Å². The number of sulfonamides is 1. The Balaban J connectivity index is 1.93. The summed E-state index contributed by atoms with van der Waals surface area (Å²) in [5.41, 5.74) is 0. The van der Waals surface area contributed by atoms with E-state index in [-0.39, 0.29) is 17.5 Å². The van der Waals surface area contributed by atoms with Crippen molar-refractivity contribution in [1.29, 1.82) is 0 Å². The summed E-state index contributed by atoms with van der Waals surface area (Å²) >= 11 is 0. The van der Waals surface area contributed by atoms with Gasteiger partial charge in [-0.05, 0) is 55.5 Å². The van der Waals surface area contributed by atoms with Crippen molar-refractivity contribution < 1.29 is 22.6 Å². The number of ether oxygens (including phenoxy) is 3. The first-order valence-electron chi connectivity index (χ1n) is 7.38. The maximum atomic E-state index is 12.3. The maximum Gasteiger partial charge on any atom is 0.240 e. The van der Waals surface area contributed by atoms with Crippen LogP contribution >= 0.6 is 0 Å². The Hall–Kier alpha value is -2.25. The van der Waals surface area contributed by atoms with Crippen LogP contribution in [0.2, 0.25) is 0 Å². The molecular formula is C17H21NO5S. The van der Waals surface area contributed by atoms with Crippen molar-refractivity contribution in [1.82, 2.24) is 4.72 Å². The zero-order valence-electron chi connectivity index (χ0n) is 13.9. The Morgan fingerprint density at radius 1 is 0.875 bits per heavy atom. The van der Waals surface area contributed by atoms with Gasteiger partial charge in [-0.3, -0.25) is 0 Å². The van der Waals surface area contributed by atoms with Crippen molar-refractivity contribution in [3.63, 3.8) is 0 Å². The van der Waals surface area contributed by atoms with Crippen LogP contribution in [0.3, 0.4) is 0 Å². The first-order chi connectivity index (χ1) is 11.4. The highest BCUT2D eigenvalue weighted by Crippen LogP contribution is 2.18. The third kappa shape index (κ3) is 4.87. The zero-order chi connectivity index (χ0) is 17.6. The van der Waals surface area contributed by atoms with Crippen molar-refractivity contribution in [2.45, 2.75) is 17.9 Å². The molecule has 0 aliphatic rings. The van der Waals surface area contributed by atoms with E-state index in [1.54, 1.807) is 50.4 Å². The highest BCUT2D eigenvalue weighted by molar-refractivity contribution is 7.89. The van der Waals surface area contributed by atoms with Gasteiger partial charge in [0.1, 0.15) is 23.9 Å². The van der Waals surface area contributed by atoms with E-state index in [0.717, 1.165) is 5.75 Å². The second-order valence-corrected chi connectivity index (χ2v) is 6.90. The summed E-state index contributed by atoms with van der Waals surface area (Å²) in [7, 11) is -0.488. The Morgan fingerprint density at radius 3 is 1.83 bits per heavy atom. The molecule has 2 aromatic rings. The van der Waals surface area contributed by atoms with Gasteiger partial charge in [-0.25, -0.2) is 13.1 Å². The number of benzene rings is 2. The largest absolute Gasteiger partial charge is 0.497 e. The lowest BCUT2D eigenvalue weighted by Gasteiger charge is -2.15. The Morgan fingerprint density at radius 2 is 1.33 bits per heavy atom. The minimum absolute atomic E-state index is 0.180. The maximum absolute atomic E-state index is 12.3. The molecule has 0 bridgehead atoms. The van der Waals surface area contributed by atoms with Crippen molar-refractivity contribution in [3.05, 3.63) is 48.5 Å². The zero-order valence-corrected chi connectivity index (χ0v) is 14.7. The fraction of sp³-hybridized carbons (Fsp3) is 0.294. The second-order valence-electron chi connectivity index (χ2n) is 5.18. The van der Waals surface area contributed by atoms with E-state index < -0.39 is 10.0 Å². The van der Waals surface area contributed by atoms with Gasteiger partial charge in [0.2, 0.25) is 10.0 Å². The van der Waals surface area contributed by atoms with Gasteiger partial charge in [0.15, 0.2) is 0 Å². The molecule has 0 amide bonds. The van der Waals surface area contributed by atoms with Gasteiger partial charge in [0.25, 0.3) is 0 Å². The first-order valence-corrected chi connectivity index (χ1v) is 8.86. The predicted molar refractivity (Wildman–Crippen MR) is 91.3 cm³/mol. The molecule has 24 heavy (non-hydrogen) atoms. The van der Waals surface area contributed by atoms with Gasteiger partial charge >= 0.3 is 0 Å². The lowest BCUT2D eigenvalue weighted by Crippen LogP contribution is -2.36. The Bertz CT molecular complexity index is 742. The minimum atomic E-state index is -3.61. The number of hydrogen-bond acceptors (Lipinski definition) is 5. The Labute approximate surface area is 142 Å². The van der Waals surface area contributed by atoms with Crippen LogP contribution in [0.25, 0.3) is 0 Å².